The summed E-state index contributed by atoms with van der Waals surface area (Å²) in [5, 5.41) is 7.07. The van der Waals surface area contributed by atoms with Crippen LogP contribution in [0.2, 0.25) is 0 Å². The summed E-state index contributed by atoms with van der Waals surface area (Å²) in [5.74, 6) is 0.724. The van der Waals surface area contributed by atoms with Crippen LogP contribution in [0.4, 0.5) is 0 Å². The molecule has 2 N–H and O–H groups in total. The molecule has 2 nitrogen and oxygen atoms in total. The molecule has 0 bridgehead atoms. The summed E-state index contributed by atoms with van der Waals surface area (Å²) >= 11 is 0. The molecule has 66 valence electrons. The fourth-order valence-corrected chi connectivity index (χ4v) is 1.55. The summed E-state index contributed by atoms with van der Waals surface area (Å²) in [6, 6.07) is 0.638. The van der Waals surface area contributed by atoms with Crippen LogP contribution in [0.15, 0.2) is 0 Å². The van der Waals surface area contributed by atoms with Gasteiger partial charge < -0.3 is 10.6 Å². The molecule has 11 heavy (non-hydrogen) atoms. The molecule has 1 aliphatic heterocycles. The smallest absolute Gasteiger partial charge is 0.0252 e. The van der Waals surface area contributed by atoms with Crippen molar-refractivity contribution in [1.82, 2.24) is 10.6 Å². The van der Waals surface area contributed by atoms with Crippen molar-refractivity contribution in [3.8, 4) is 0 Å². The van der Waals surface area contributed by atoms with Crippen molar-refractivity contribution in [3.63, 3.8) is 0 Å². The van der Waals surface area contributed by atoms with E-state index in [1.807, 2.05) is 0 Å². The van der Waals surface area contributed by atoms with E-state index in [4.69, 9.17) is 0 Å². The third-order valence-corrected chi connectivity index (χ3v) is 2.31. The average molecular weight is 156 g/mol. The van der Waals surface area contributed by atoms with Gasteiger partial charge in [0, 0.05) is 24.7 Å². The highest BCUT2D eigenvalue weighted by atomic mass is 15.1. The molecule has 1 aliphatic rings. The van der Waals surface area contributed by atoms with Gasteiger partial charge in [0.05, 0.1) is 0 Å². The van der Waals surface area contributed by atoms with E-state index in [0.29, 0.717) is 6.04 Å². The van der Waals surface area contributed by atoms with Crippen LogP contribution >= 0.6 is 0 Å². The van der Waals surface area contributed by atoms with Gasteiger partial charge >= 0.3 is 0 Å². The minimum atomic E-state index is 0.271. The monoisotopic (exact) mass is 156 g/mol. The summed E-state index contributed by atoms with van der Waals surface area (Å²) in [4.78, 5) is 0. The van der Waals surface area contributed by atoms with Gasteiger partial charge in [-0.25, -0.2) is 0 Å². The summed E-state index contributed by atoms with van der Waals surface area (Å²) in [6.07, 6.45) is 0. The molecule has 0 aliphatic carbocycles. The second-order valence-electron chi connectivity index (χ2n) is 4.51. The average Bonchev–Trinajstić information content (AvgIpc) is 1.85. The van der Waals surface area contributed by atoms with Gasteiger partial charge in [-0.2, -0.15) is 0 Å². The minimum absolute atomic E-state index is 0.271. The van der Waals surface area contributed by atoms with E-state index in [0.717, 1.165) is 19.0 Å². The lowest BCUT2D eigenvalue weighted by Gasteiger charge is -2.39. The predicted octanol–water partition coefficient (Wildman–Crippen LogP) is 0.982. The Morgan fingerprint density at radius 3 is 2.36 bits per heavy atom. The van der Waals surface area contributed by atoms with E-state index >= 15 is 0 Å². The zero-order chi connectivity index (χ0) is 8.48. The van der Waals surface area contributed by atoms with E-state index in [-0.39, 0.29) is 5.54 Å². The number of rotatable bonds is 1. The lowest BCUT2D eigenvalue weighted by Crippen LogP contribution is -2.62. The van der Waals surface area contributed by atoms with Crippen molar-refractivity contribution < 1.29 is 0 Å². The van der Waals surface area contributed by atoms with Crippen molar-refractivity contribution >= 4 is 0 Å². The Balaban J connectivity index is 2.46. The van der Waals surface area contributed by atoms with Crippen molar-refractivity contribution in [2.24, 2.45) is 5.92 Å². The van der Waals surface area contributed by atoms with Gasteiger partial charge in [0.1, 0.15) is 0 Å². The SMILES string of the molecule is CC(C)[C@@H]1CNCC(C)(C)N1. The molecule has 1 rings (SSSR count). The first-order valence-corrected chi connectivity index (χ1v) is 4.50. The maximum atomic E-state index is 3.63. The molecule has 1 heterocycles. The van der Waals surface area contributed by atoms with E-state index in [2.05, 4.69) is 38.3 Å². The predicted molar refractivity (Wildman–Crippen MR) is 48.7 cm³/mol. The summed E-state index contributed by atoms with van der Waals surface area (Å²) in [5.41, 5.74) is 0.271. The van der Waals surface area contributed by atoms with Crippen LogP contribution in [0.5, 0.6) is 0 Å². The van der Waals surface area contributed by atoms with Crippen LogP contribution in [0, 0.1) is 5.92 Å². The number of hydrogen-bond acceptors (Lipinski definition) is 2. The van der Waals surface area contributed by atoms with Crippen LogP contribution in [-0.4, -0.2) is 24.7 Å². The quantitative estimate of drug-likeness (QED) is 0.591. The fraction of sp³-hybridized carbons (Fsp3) is 1.00. The molecule has 0 aromatic heterocycles. The summed E-state index contributed by atoms with van der Waals surface area (Å²) < 4.78 is 0. The Hall–Kier alpha value is -0.0800. The highest BCUT2D eigenvalue weighted by molar-refractivity contribution is 4.91. The lowest BCUT2D eigenvalue weighted by molar-refractivity contribution is 0.225. The molecule has 0 aromatic carbocycles. The molecule has 2 heteroatoms. The summed E-state index contributed by atoms with van der Waals surface area (Å²) in [7, 11) is 0. The maximum Gasteiger partial charge on any atom is 0.0252 e. The molecule has 0 spiro atoms. The van der Waals surface area contributed by atoms with Crippen molar-refractivity contribution in [2.75, 3.05) is 13.1 Å². The Morgan fingerprint density at radius 2 is 2.00 bits per heavy atom. The molecule has 0 unspecified atom stereocenters. The van der Waals surface area contributed by atoms with Gasteiger partial charge in [-0.1, -0.05) is 13.8 Å². The van der Waals surface area contributed by atoms with Gasteiger partial charge in [-0.3, -0.25) is 0 Å². The molecule has 1 fully saturated rings. The molecule has 1 saturated heterocycles. The van der Waals surface area contributed by atoms with Gasteiger partial charge in [0.2, 0.25) is 0 Å². The third-order valence-electron chi connectivity index (χ3n) is 2.31. The van der Waals surface area contributed by atoms with Crippen LogP contribution in [0.1, 0.15) is 27.7 Å². The second-order valence-corrected chi connectivity index (χ2v) is 4.51. The molecule has 1 atom stereocenters. The van der Waals surface area contributed by atoms with E-state index < -0.39 is 0 Å². The lowest BCUT2D eigenvalue weighted by atomic mass is 9.95. The second kappa shape index (κ2) is 3.11. The van der Waals surface area contributed by atoms with Crippen molar-refractivity contribution in [3.05, 3.63) is 0 Å². The van der Waals surface area contributed by atoms with Gasteiger partial charge in [0.25, 0.3) is 0 Å². The molecular formula is C9H20N2. The molecule has 0 aromatic rings. The third kappa shape index (κ3) is 2.46. The highest BCUT2D eigenvalue weighted by Crippen LogP contribution is 2.11. The number of hydrogen-bond donors (Lipinski definition) is 2. The maximum absolute atomic E-state index is 3.63. The van der Waals surface area contributed by atoms with Crippen molar-refractivity contribution in [2.45, 2.75) is 39.3 Å². The Labute approximate surface area is 69.8 Å². The zero-order valence-corrected chi connectivity index (χ0v) is 8.07. The van der Waals surface area contributed by atoms with Gasteiger partial charge in [-0.05, 0) is 19.8 Å². The number of nitrogens with one attached hydrogen (secondary N) is 2. The minimum Gasteiger partial charge on any atom is -0.313 e. The first kappa shape index (κ1) is 9.01. The fourth-order valence-electron chi connectivity index (χ4n) is 1.55. The first-order valence-electron chi connectivity index (χ1n) is 4.50. The Morgan fingerprint density at radius 1 is 1.36 bits per heavy atom. The standard InChI is InChI=1S/C9H20N2/c1-7(2)8-5-10-6-9(3,4)11-8/h7-8,10-11H,5-6H2,1-4H3/t8-/m0/s1. The number of piperazine rings is 1. The van der Waals surface area contributed by atoms with E-state index in [9.17, 15) is 0 Å². The summed E-state index contributed by atoms with van der Waals surface area (Å²) in [6.45, 7) is 11.2. The zero-order valence-electron chi connectivity index (χ0n) is 8.07. The van der Waals surface area contributed by atoms with Crippen LogP contribution < -0.4 is 10.6 Å². The van der Waals surface area contributed by atoms with Crippen LogP contribution in [0.3, 0.4) is 0 Å². The topological polar surface area (TPSA) is 24.1 Å². The Kier molecular flexibility index (Phi) is 2.55. The molecule has 0 amide bonds. The van der Waals surface area contributed by atoms with E-state index in [1.54, 1.807) is 0 Å². The largest absolute Gasteiger partial charge is 0.313 e. The van der Waals surface area contributed by atoms with Gasteiger partial charge in [0.15, 0.2) is 0 Å². The van der Waals surface area contributed by atoms with Crippen molar-refractivity contribution in [1.29, 1.82) is 0 Å². The van der Waals surface area contributed by atoms with Crippen LogP contribution in [0.25, 0.3) is 0 Å². The highest BCUT2D eigenvalue weighted by Gasteiger charge is 2.27. The molecule has 0 radical (unpaired) electrons. The Bertz CT molecular complexity index is 130. The molecule has 0 saturated carbocycles. The van der Waals surface area contributed by atoms with Crippen LogP contribution in [-0.2, 0) is 0 Å². The van der Waals surface area contributed by atoms with E-state index in [1.165, 1.54) is 0 Å². The first-order chi connectivity index (χ1) is 5.01. The van der Waals surface area contributed by atoms with Gasteiger partial charge in [-0.15, -0.1) is 0 Å². The normalized spacial score (nSPS) is 30.8. The molecular weight excluding hydrogens is 136 g/mol.